The van der Waals surface area contributed by atoms with Crippen molar-refractivity contribution in [2.75, 3.05) is 13.6 Å². The van der Waals surface area contributed by atoms with Crippen LogP contribution >= 0.6 is 27.3 Å². The molecule has 0 amide bonds. The van der Waals surface area contributed by atoms with Crippen molar-refractivity contribution in [2.45, 2.75) is 13.0 Å². The van der Waals surface area contributed by atoms with Gasteiger partial charge in [0, 0.05) is 36.3 Å². The lowest BCUT2D eigenvalue weighted by Gasteiger charge is -2.14. The van der Waals surface area contributed by atoms with E-state index in [0.717, 1.165) is 25.2 Å². The zero-order chi connectivity index (χ0) is 12.1. The number of hydrogen-bond donors (Lipinski definition) is 0. The summed E-state index contributed by atoms with van der Waals surface area (Å²) >= 11 is 5.28. The molecule has 0 aliphatic heterocycles. The number of aromatic nitrogens is 1. The summed E-state index contributed by atoms with van der Waals surface area (Å²) in [4.78, 5) is 8.05. The van der Waals surface area contributed by atoms with Crippen molar-refractivity contribution >= 4 is 27.3 Å². The van der Waals surface area contributed by atoms with Crippen molar-refractivity contribution in [3.8, 4) is 0 Å². The summed E-state index contributed by atoms with van der Waals surface area (Å²) in [6.45, 7) is 2.04. The Morgan fingerprint density at radius 3 is 2.82 bits per heavy atom. The van der Waals surface area contributed by atoms with Gasteiger partial charge in [-0.1, -0.05) is 6.07 Å². The number of likely N-dealkylation sites (N-methyl/N-ethyl adjacent to an activating group) is 1. The molecule has 0 fully saturated rings. The summed E-state index contributed by atoms with van der Waals surface area (Å²) in [5, 5.41) is 0. The molecule has 4 heteroatoms. The van der Waals surface area contributed by atoms with E-state index >= 15 is 0 Å². The maximum Gasteiger partial charge on any atom is 0.0701 e. The molecule has 0 radical (unpaired) electrons. The molecule has 0 aromatic carbocycles. The number of halogens is 1. The Hall–Kier alpha value is -0.710. The van der Waals surface area contributed by atoms with Crippen LogP contribution in [-0.4, -0.2) is 23.5 Å². The summed E-state index contributed by atoms with van der Waals surface area (Å²) in [6, 6.07) is 10.4. The lowest BCUT2D eigenvalue weighted by Crippen LogP contribution is -2.20. The molecule has 0 saturated heterocycles. The van der Waals surface area contributed by atoms with E-state index in [1.54, 1.807) is 11.3 Å². The predicted molar refractivity (Wildman–Crippen MR) is 76.3 cm³/mol. The van der Waals surface area contributed by atoms with Gasteiger partial charge < -0.3 is 4.90 Å². The maximum atomic E-state index is 4.33. The first-order valence-electron chi connectivity index (χ1n) is 5.57. The van der Waals surface area contributed by atoms with Gasteiger partial charge in [-0.25, -0.2) is 0 Å². The quantitative estimate of drug-likeness (QED) is 0.839. The zero-order valence-electron chi connectivity index (χ0n) is 9.77. The lowest BCUT2D eigenvalue weighted by atomic mass is 10.2. The molecule has 0 N–H and O–H groups in total. The molecule has 0 aliphatic rings. The van der Waals surface area contributed by atoms with Gasteiger partial charge in [0.1, 0.15) is 0 Å². The minimum Gasteiger partial charge on any atom is -0.301 e. The Morgan fingerprint density at radius 1 is 1.29 bits per heavy atom. The molecule has 0 unspecified atom stereocenters. The van der Waals surface area contributed by atoms with Crippen LogP contribution in [-0.2, 0) is 13.0 Å². The SMILES string of the molecule is CN(CCc1ccccn1)Cc1ccc(Br)s1. The van der Waals surface area contributed by atoms with Crippen molar-refractivity contribution < 1.29 is 0 Å². The number of thiophene rings is 1. The van der Waals surface area contributed by atoms with Crippen LogP contribution in [0.25, 0.3) is 0 Å². The fourth-order valence-corrected chi connectivity index (χ4v) is 3.20. The van der Waals surface area contributed by atoms with Crippen LogP contribution in [0.15, 0.2) is 40.3 Å². The largest absolute Gasteiger partial charge is 0.301 e. The molecule has 2 heterocycles. The average Bonchev–Trinajstić information content (AvgIpc) is 2.73. The van der Waals surface area contributed by atoms with Crippen molar-refractivity contribution in [1.82, 2.24) is 9.88 Å². The Bertz CT molecular complexity index is 455. The van der Waals surface area contributed by atoms with E-state index in [0.29, 0.717) is 0 Å². The topological polar surface area (TPSA) is 16.1 Å². The Balaban J connectivity index is 1.80. The lowest BCUT2D eigenvalue weighted by molar-refractivity contribution is 0.333. The van der Waals surface area contributed by atoms with Gasteiger partial charge in [0.15, 0.2) is 0 Å². The van der Waals surface area contributed by atoms with Gasteiger partial charge in [-0.2, -0.15) is 0 Å². The second-order valence-corrected chi connectivity index (χ2v) is 6.56. The molecule has 2 aromatic rings. The fraction of sp³-hybridized carbons (Fsp3) is 0.308. The molecule has 0 atom stereocenters. The number of nitrogens with zero attached hydrogens (tertiary/aromatic N) is 2. The number of hydrogen-bond acceptors (Lipinski definition) is 3. The monoisotopic (exact) mass is 310 g/mol. The third-order valence-corrected chi connectivity index (χ3v) is 4.14. The van der Waals surface area contributed by atoms with Crippen LogP contribution in [0.1, 0.15) is 10.6 Å². The van der Waals surface area contributed by atoms with E-state index in [4.69, 9.17) is 0 Å². The first-order valence-corrected chi connectivity index (χ1v) is 7.17. The van der Waals surface area contributed by atoms with Gasteiger partial charge in [0.2, 0.25) is 0 Å². The van der Waals surface area contributed by atoms with Crippen LogP contribution in [0.2, 0.25) is 0 Å². The van der Waals surface area contributed by atoms with Crippen LogP contribution in [0.5, 0.6) is 0 Å². The molecule has 0 spiro atoms. The van der Waals surface area contributed by atoms with Crippen LogP contribution in [0.4, 0.5) is 0 Å². The molecule has 2 rings (SSSR count). The van der Waals surface area contributed by atoms with E-state index in [9.17, 15) is 0 Å². The van der Waals surface area contributed by atoms with E-state index in [1.807, 2.05) is 18.3 Å². The molecule has 2 aromatic heterocycles. The van der Waals surface area contributed by atoms with Gasteiger partial charge >= 0.3 is 0 Å². The molecule has 0 saturated carbocycles. The molecule has 90 valence electrons. The first kappa shape index (κ1) is 12.7. The van der Waals surface area contributed by atoms with E-state index in [-0.39, 0.29) is 0 Å². The molecule has 2 nitrogen and oxygen atoms in total. The minimum absolute atomic E-state index is 1.00. The summed E-state index contributed by atoms with van der Waals surface area (Å²) < 4.78 is 1.20. The van der Waals surface area contributed by atoms with Gasteiger partial charge in [-0.3, -0.25) is 4.98 Å². The van der Waals surface area contributed by atoms with Crippen LogP contribution in [0, 0.1) is 0 Å². The van der Waals surface area contributed by atoms with Gasteiger partial charge in [0.05, 0.1) is 3.79 Å². The van der Waals surface area contributed by atoms with Crippen LogP contribution < -0.4 is 0 Å². The summed E-state index contributed by atoms with van der Waals surface area (Å²) in [5.41, 5.74) is 1.16. The smallest absolute Gasteiger partial charge is 0.0701 e. The summed E-state index contributed by atoms with van der Waals surface area (Å²) in [6.07, 6.45) is 2.86. The molecule has 17 heavy (non-hydrogen) atoms. The molecule has 0 aliphatic carbocycles. The second kappa shape index (κ2) is 6.28. The van der Waals surface area contributed by atoms with Gasteiger partial charge in [-0.05, 0) is 47.2 Å². The van der Waals surface area contributed by atoms with E-state index in [2.05, 4.69) is 51.1 Å². The average molecular weight is 311 g/mol. The molecule has 0 bridgehead atoms. The normalized spacial score (nSPS) is 11.0. The van der Waals surface area contributed by atoms with Crippen molar-refractivity contribution in [1.29, 1.82) is 0 Å². The Labute approximate surface area is 114 Å². The van der Waals surface area contributed by atoms with Crippen molar-refractivity contribution in [3.63, 3.8) is 0 Å². The Kier molecular flexibility index (Phi) is 4.71. The highest BCUT2D eigenvalue weighted by atomic mass is 79.9. The molecular formula is C13H15BrN2S. The van der Waals surface area contributed by atoms with Gasteiger partial charge in [0.25, 0.3) is 0 Å². The summed E-state index contributed by atoms with van der Waals surface area (Å²) in [5.74, 6) is 0. The van der Waals surface area contributed by atoms with E-state index < -0.39 is 0 Å². The highest BCUT2D eigenvalue weighted by Crippen LogP contribution is 2.22. The predicted octanol–water partition coefficient (Wildman–Crippen LogP) is 3.58. The third-order valence-electron chi connectivity index (χ3n) is 2.53. The van der Waals surface area contributed by atoms with E-state index in [1.165, 1.54) is 8.66 Å². The zero-order valence-corrected chi connectivity index (χ0v) is 12.2. The second-order valence-electron chi connectivity index (χ2n) is 4.01. The standard InChI is InChI=1S/C13H15BrN2S/c1-16(10-12-5-6-13(14)17-12)9-7-11-4-2-3-8-15-11/h2-6,8H,7,9-10H2,1H3. The third kappa shape index (κ3) is 4.22. The number of rotatable bonds is 5. The van der Waals surface area contributed by atoms with Crippen LogP contribution in [0.3, 0.4) is 0 Å². The van der Waals surface area contributed by atoms with Crippen molar-refractivity contribution in [2.24, 2.45) is 0 Å². The summed E-state index contributed by atoms with van der Waals surface area (Å²) in [7, 11) is 2.15. The fourth-order valence-electron chi connectivity index (χ4n) is 1.63. The van der Waals surface area contributed by atoms with Gasteiger partial charge in [-0.15, -0.1) is 11.3 Å². The molecular weight excluding hydrogens is 296 g/mol. The highest BCUT2D eigenvalue weighted by Gasteiger charge is 2.03. The Morgan fingerprint density at radius 2 is 2.18 bits per heavy atom. The maximum absolute atomic E-state index is 4.33. The number of pyridine rings is 1. The highest BCUT2D eigenvalue weighted by molar-refractivity contribution is 9.11. The minimum atomic E-state index is 1.00. The first-order chi connectivity index (χ1) is 8.24. The van der Waals surface area contributed by atoms with Crippen molar-refractivity contribution in [3.05, 3.63) is 50.9 Å².